The number of hydrogen-bond donors (Lipinski definition) is 0. The van der Waals surface area contributed by atoms with Gasteiger partial charge in [0.2, 0.25) is 5.91 Å². The quantitative estimate of drug-likeness (QED) is 0.800. The van der Waals surface area contributed by atoms with Gasteiger partial charge in [-0.2, -0.15) is 11.8 Å². The van der Waals surface area contributed by atoms with Crippen LogP contribution in [0.3, 0.4) is 0 Å². The fraction of sp³-hybridized carbons (Fsp3) is 0.533. The van der Waals surface area contributed by atoms with Gasteiger partial charge in [-0.05, 0) is 38.4 Å². The van der Waals surface area contributed by atoms with E-state index in [-0.39, 0.29) is 11.2 Å². The molecule has 0 saturated heterocycles. The monoisotopic (exact) mass is 280 g/mol. The van der Waals surface area contributed by atoms with Crippen molar-refractivity contribution < 1.29 is 4.79 Å². The van der Waals surface area contributed by atoms with Gasteiger partial charge in [-0.1, -0.05) is 24.3 Å². The Balaban J connectivity index is 2.78. The molecule has 0 aliphatic heterocycles. The summed E-state index contributed by atoms with van der Waals surface area (Å²) in [5.41, 5.74) is 2.50. The third-order valence-corrected chi connectivity index (χ3v) is 4.00. The second-order valence-electron chi connectivity index (χ2n) is 5.08. The first-order valence-corrected chi connectivity index (χ1v) is 7.73. The van der Waals surface area contributed by atoms with E-state index in [4.69, 9.17) is 0 Å². The molecule has 19 heavy (non-hydrogen) atoms. The van der Waals surface area contributed by atoms with Gasteiger partial charge in [0.15, 0.2) is 0 Å². The molecule has 0 aliphatic rings. The van der Waals surface area contributed by atoms with E-state index in [0.29, 0.717) is 6.54 Å². The second kappa shape index (κ2) is 7.56. The van der Waals surface area contributed by atoms with E-state index >= 15 is 0 Å². The minimum atomic E-state index is 0.0195. The summed E-state index contributed by atoms with van der Waals surface area (Å²) in [4.78, 5) is 16.1. The van der Waals surface area contributed by atoms with E-state index in [0.717, 1.165) is 6.54 Å². The Morgan fingerprint density at radius 3 is 2.16 bits per heavy atom. The summed E-state index contributed by atoms with van der Waals surface area (Å²) >= 11 is 1.59. The lowest BCUT2D eigenvalue weighted by molar-refractivity contribution is -0.129. The molecule has 0 unspecified atom stereocenters. The number of benzene rings is 1. The normalized spacial score (nSPS) is 12.5. The molecule has 0 heterocycles. The molecule has 1 atom stereocenters. The van der Waals surface area contributed by atoms with E-state index < -0.39 is 0 Å². The van der Waals surface area contributed by atoms with Gasteiger partial charge in [-0.3, -0.25) is 4.79 Å². The van der Waals surface area contributed by atoms with Crippen LogP contribution in [0.15, 0.2) is 24.3 Å². The van der Waals surface area contributed by atoms with E-state index in [1.165, 1.54) is 11.1 Å². The van der Waals surface area contributed by atoms with Gasteiger partial charge >= 0.3 is 0 Å². The third-order valence-electron chi connectivity index (χ3n) is 3.09. The molecular weight excluding hydrogens is 256 g/mol. The number of thioether (sulfide) groups is 1. The van der Waals surface area contributed by atoms with Crippen LogP contribution in [0.25, 0.3) is 0 Å². The van der Waals surface area contributed by atoms with Gasteiger partial charge in [0, 0.05) is 20.1 Å². The van der Waals surface area contributed by atoms with Crippen LogP contribution >= 0.6 is 11.8 Å². The molecule has 1 amide bonds. The molecule has 4 heteroatoms. The van der Waals surface area contributed by atoms with Crippen LogP contribution in [-0.4, -0.2) is 48.4 Å². The molecule has 0 aliphatic carbocycles. The van der Waals surface area contributed by atoms with Crippen LogP contribution < -0.4 is 0 Å². The molecule has 106 valence electrons. The largest absolute Gasteiger partial charge is 0.340 e. The molecule has 0 fully saturated rings. The summed E-state index contributed by atoms with van der Waals surface area (Å²) in [6.07, 6.45) is 1.97. The van der Waals surface area contributed by atoms with Crippen LogP contribution in [0.2, 0.25) is 0 Å². The summed E-state index contributed by atoms with van der Waals surface area (Å²) in [6, 6.07) is 8.32. The minimum absolute atomic E-state index is 0.0195. The van der Waals surface area contributed by atoms with Crippen molar-refractivity contribution in [2.45, 2.75) is 25.3 Å². The summed E-state index contributed by atoms with van der Waals surface area (Å²) in [5, 5.41) is 0.0195. The average Bonchev–Trinajstić information content (AvgIpc) is 2.38. The Hall–Kier alpha value is -1.00. The van der Waals surface area contributed by atoms with Crippen LogP contribution in [0.5, 0.6) is 0 Å². The van der Waals surface area contributed by atoms with Gasteiger partial charge in [-0.25, -0.2) is 0 Å². The van der Waals surface area contributed by atoms with Crippen LogP contribution in [-0.2, 0) is 17.9 Å². The Kier molecular flexibility index (Phi) is 6.38. The predicted octanol–water partition coefficient (Wildman–Crippen LogP) is 2.46. The topological polar surface area (TPSA) is 23.6 Å². The maximum Gasteiger partial charge on any atom is 0.235 e. The lowest BCUT2D eigenvalue weighted by Gasteiger charge is -2.22. The minimum Gasteiger partial charge on any atom is -0.340 e. The van der Waals surface area contributed by atoms with Crippen molar-refractivity contribution in [2.75, 3.05) is 27.4 Å². The smallest absolute Gasteiger partial charge is 0.235 e. The highest BCUT2D eigenvalue weighted by Gasteiger charge is 2.17. The molecule has 1 aromatic carbocycles. The molecule has 3 nitrogen and oxygen atoms in total. The summed E-state index contributed by atoms with van der Waals surface area (Å²) in [5.74, 6) is 0.187. The standard InChI is InChI=1S/C15H24N2OS/c1-12(19-5)15(18)17(4)11-14-9-7-6-8-13(14)10-16(2)3/h6-9,12H,10-11H2,1-5H3/t12-/m0/s1. The molecule has 0 aromatic heterocycles. The van der Waals surface area contributed by atoms with Crippen molar-refractivity contribution in [3.8, 4) is 0 Å². The molecular formula is C15H24N2OS. The number of carbonyl (C=O) groups excluding carboxylic acids is 1. The Labute approximate surface area is 121 Å². The number of amides is 1. The number of hydrogen-bond acceptors (Lipinski definition) is 3. The molecule has 1 rings (SSSR count). The highest BCUT2D eigenvalue weighted by Crippen LogP contribution is 2.15. The van der Waals surface area contributed by atoms with Gasteiger partial charge in [0.05, 0.1) is 5.25 Å². The zero-order valence-corrected chi connectivity index (χ0v) is 13.3. The van der Waals surface area contributed by atoms with E-state index in [2.05, 4.69) is 37.2 Å². The van der Waals surface area contributed by atoms with Crippen molar-refractivity contribution in [1.29, 1.82) is 0 Å². The molecule has 0 bridgehead atoms. The van der Waals surface area contributed by atoms with Crippen LogP contribution in [0.1, 0.15) is 18.1 Å². The predicted molar refractivity (Wildman–Crippen MR) is 83.3 cm³/mol. The molecule has 0 saturated carbocycles. The van der Waals surface area contributed by atoms with Gasteiger partial charge in [-0.15, -0.1) is 0 Å². The van der Waals surface area contributed by atoms with Gasteiger partial charge < -0.3 is 9.80 Å². The fourth-order valence-corrected chi connectivity index (χ4v) is 2.33. The van der Waals surface area contributed by atoms with E-state index in [9.17, 15) is 4.79 Å². The van der Waals surface area contributed by atoms with Crippen LogP contribution in [0.4, 0.5) is 0 Å². The lowest BCUT2D eigenvalue weighted by Crippen LogP contribution is -2.33. The second-order valence-corrected chi connectivity index (χ2v) is 6.26. The number of carbonyl (C=O) groups is 1. The molecule has 0 spiro atoms. The van der Waals surface area contributed by atoms with Crippen molar-refractivity contribution in [1.82, 2.24) is 9.80 Å². The summed E-state index contributed by atoms with van der Waals surface area (Å²) in [7, 11) is 5.99. The first kappa shape index (κ1) is 16.1. The maximum atomic E-state index is 12.1. The fourth-order valence-electron chi connectivity index (χ4n) is 1.95. The molecule has 0 N–H and O–H groups in total. The zero-order chi connectivity index (χ0) is 14.4. The number of nitrogens with zero attached hydrogens (tertiary/aromatic N) is 2. The van der Waals surface area contributed by atoms with Crippen molar-refractivity contribution in [2.24, 2.45) is 0 Å². The van der Waals surface area contributed by atoms with Crippen molar-refractivity contribution in [3.05, 3.63) is 35.4 Å². The van der Waals surface area contributed by atoms with Gasteiger partial charge in [0.1, 0.15) is 0 Å². The third kappa shape index (κ3) is 4.88. The maximum absolute atomic E-state index is 12.1. The van der Waals surface area contributed by atoms with Crippen molar-refractivity contribution >= 4 is 17.7 Å². The van der Waals surface area contributed by atoms with E-state index in [1.54, 1.807) is 11.8 Å². The average molecular weight is 280 g/mol. The molecule has 1 aromatic rings. The Morgan fingerprint density at radius 1 is 1.16 bits per heavy atom. The first-order chi connectivity index (χ1) is 8.95. The Morgan fingerprint density at radius 2 is 1.68 bits per heavy atom. The first-order valence-electron chi connectivity index (χ1n) is 6.45. The van der Waals surface area contributed by atoms with Crippen LogP contribution in [0, 0.1) is 0 Å². The highest BCUT2D eigenvalue weighted by atomic mass is 32.2. The highest BCUT2D eigenvalue weighted by molar-refractivity contribution is 7.99. The number of rotatable bonds is 6. The summed E-state index contributed by atoms with van der Waals surface area (Å²) in [6.45, 7) is 3.53. The SMILES string of the molecule is CS[C@@H](C)C(=O)N(C)Cc1ccccc1CN(C)C. The summed E-state index contributed by atoms with van der Waals surface area (Å²) < 4.78 is 0. The van der Waals surface area contributed by atoms with Crippen molar-refractivity contribution in [3.63, 3.8) is 0 Å². The lowest BCUT2D eigenvalue weighted by atomic mass is 10.1. The van der Waals surface area contributed by atoms with E-state index in [1.807, 2.05) is 31.2 Å². The Bertz CT molecular complexity index is 420. The molecule has 0 radical (unpaired) electrons. The van der Waals surface area contributed by atoms with Gasteiger partial charge in [0.25, 0.3) is 0 Å². The zero-order valence-electron chi connectivity index (χ0n) is 12.5.